The summed E-state index contributed by atoms with van der Waals surface area (Å²) in [5.74, 6) is 0. The normalized spacial score (nSPS) is 9.36. The van der Waals surface area contributed by atoms with Gasteiger partial charge in [0.1, 0.15) is 0 Å². The van der Waals surface area contributed by atoms with Gasteiger partial charge in [-0.25, -0.2) is 0 Å². The van der Waals surface area contributed by atoms with Gasteiger partial charge >= 0.3 is 18.9 Å². The molecule has 1 nitrogen and oxygen atoms in total. The van der Waals surface area contributed by atoms with Gasteiger partial charge in [-0.2, -0.15) is 0 Å². The summed E-state index contributed by atoms with van der Waals surface area (Å²) >= 11 is 0. The van der Waals surface area contributed by atoms with Gasteiger partial charge in [0.2, 0.25) is 0 Å². The molecule has 0 atom stereocenters. The average molecular weight is 143 g/mol. The molecule has 0 saturated heterocycles. The summed E-state index contributed by atoms with van der Waals surface area (Å²) in [6, 6.07) is 10.5. The molecule has 0 spiro atoms. The van der Waals surface area contributed by atoms with Gasteiger partial charge in [-0.05, 0) is 19.7 Å². The summed E-state index contributed by atoms with van der Waals surface area (Å²) in [6.45, 7) is 1.03. The molecular formula is C9H14LiN. The Morgan fingerprint density at radius 2 is 1.73 bits per heavy atom. The first-order chi connectivity index (χ1) is 4.79. The summed E-state index contributed by atoms with van der Waals surface area (Å²) in [6.07, 6.45) is 0. The van der Waals surface area contributed by atoms with E-state index in [1.54, 1.807) is 0 Å². The fourth-order valence-corrected chi connectivity index (χ4v) is 0.949. The second-order valence-corrected chi connectivity index (χ2v) is 2.72. The van der Waals surface area contributed by atoms with Crippen LogP contribution in [0.5, 0.6) is 0 Å². The van der Waals surface area contributed by atoms with Crippen LogP contribution in [0.3, 0.4) is 0 Å². The molecule has 0 fully saturated rings. The van der Waals surface area contributed by atoms with E-state index in [-0.39, 0.29) is 20.3 Å². The molecule has 0 aliphatic heterocycles. The summed E-state index contributed by atoms with van der Waals surface area (Å²) in [5.41, 5.74) is 1.37. The molecule has 0 amide bonds. The van der Waals surface area contributed by atoms with Crippen molar-refractivity contribution in [1.29, 1.82) is 0 Å². The quantitative estimate of drug-likeness (QED) is 0.473. The summed E-state index contributed by atoms with van der Waals surface area (Å²) < 4.78 is 0. The number of rotatable bonds is 2. The van der Waals surface area contributed by atoms with Gasteiger partial charge in [0.05, 0.1) is 0 Å². The van der Waals surface area contributed by atoms with Crippen LogP contribution in [0.1, 0.15) is 6.99 Å². The zero-order valence-electron chi connectivity index (χ0n) is 8.54. The van der Waals surface area contributed by atoms with Crippen molar-refractivity contribution in [3.8, 4) is 0 Å². The molecule has 2 heteroatoms. The van der Waals surface area contributed by atoms with E-state index in [2.05, 4.69) is 43.3 Å². The molecule has 0 N–H and O–H groups in total. The number of nitrogens with zero attached hydrogens (tertiary/aromatic N) is 1. The second kappa shape index (κ2) is 5.43. The molecular weight excluding hydrogens is 129 g/mol. The van der Waals surface area contributed by atoms with E-state index >= 15 is 0 Å². The van der Waals surface area contributed by atoms with Gasteiger partial charge in [-0.3, -0.25) is 0 Å². The van der Waals surface area contributed by atoms with Crippen LogP contribution >= 0.6 is 0 Å². The first kappa shape index (κ1) is 10.8. The molecule has 0 bridgehead atoms. The van der Waals surface area contributed by atoms with Crippen LogP contribution in [-0.4, -0.2) is 19.0 Å². The van der Waals surface area contributed by atoms with E-state index in [4.69, 9.17) is 0 Å². The molecule has 0 aliphatic carbocycles. The maximum Gasteiger partial charge on any atom is 1.00 e. The summed E-state index contributed by atoms with van der Waals surface area (Å²) in [4.78, 5) is 2.16. The smallest absolute Gasteiger partial charge is 1.00 e. The fraction of sp³-hybridized carbons (Fsp3) is 0.333. The van der Waals surface area contributed by atoms with Crippen LogP contribution < -0.4 is 18.9 Å². The minimum absolute atomic E-state index is 0. The van der Waals surface area contributed by atoms with Crippen molar-refractivity contribution >= 4 is 0 Å². The van der Waals surface area contributed by atoms with Crippen molar-refractivity contribution in [1.82, 2.24) is 4.90 Å². The fourth-order valence-electron chi connectivity index (χ4n) is 0.949. The first-order valence-corrected chi connectivity index (χ1v) is 3.47. The predicted molar refractivity (Wildman–Crippen MR) is 44.9 cm³/mol. The first-order valence-electron chi connectivity index (χ1n) is 3.47. The van der Waals surface area contributed by atoms with Gasteiger partial charge in [0.15, 0.2) is 0 Å². The molecule has 0 radical (unpaired) electrons. The number of hydrogen-bond acceptors (Lipinski definition) is 1. The average Bonchev–Trinajstić information content (AvgIpc) is 1.88. The Kier molecular flexibility index (Phi) is 5.32. The standard InChI is InChI=1S/C9H13N.Li.H/c1-10(2)8-9-6-4-3-5-7-9;;/h3-7H,8H2,1-2H3;;/q;+1;-1. The Balaban J connectivity index is 0. The molecule has 0 saturated carbocycles. The van der Waals surface area contributed by atoms with Crippen LogP contribution in [0.25, 0.3) is 0 Å². The van der Waals surface area contributed by atoms with Crippen LogP contribution in [0.4, 0.5) is 0 Å². The SMILES string of the molecule is CN(C)Cc1ccccc1.[H-].[Li+]. The van der Waals surface area contributed by atoms with Gasteiger partial charge in [0, 0.05) is 6.54 Å². The molecule has 0 unspecified atom stereocenters. The van der Waals surface area contributed by atoms with Gasteiger partial charge in [0.25, 0.3) is 0 Å². The third-order valence-electron chi connectivity index (χ3n) is 1.34. The minimum atomic E-state index is 0. The van der Waals surface area contributed by atoms with Crippen LogP contribution in [-0.2, 0) is 6.54 Å². The van der Waals surface area contributed by atoms with Crippen LogP contribution in [0.2, 0.25) is 0 Å². The minimum Gasteiger partial charge on any atom is -1.00 e. The Morgan fingerprint density at radius 1 is 1.18 bits per heavy atom. The van der Waals surface area contributed by atoms with Crippen molar-refractivity contribution < 1.29 is 20.3 Å². The molecule has 11 heavy (non-hydrogen) atoms. The van der Waals surface area contributed by atoms with Crippen molar-refractivity contribution in [3.63, 3.8) is 0 Å². The van der Waals surface area contributed by atoms with Crippen molar-refractivity contribution in [2.75, 3.05) is 14.1 Å². The maximum absolute atomic E-state index is 2.16. The predicted octanol–water partition coefficient (Wildman–Crippen LogP) is -1.14. The van der Waals surface area contributed by atoms with Gasteiger partial charge in [-0.1, -0.05) is 30.3 Å². The van der Waals surface area contributed by atoms with E-state index < -0.39 is 0 Å². The molecule has 0 heterocycles. The molecule has 1 aromatic carbocycles. The maximum atomic E-state index is 2.16. The third-order valence-corrected chi connectivity index (χ3v) is 1.34. The van der Waals surface area contributed by atoms with Crippen LogP contribution in [0, 0.1) is 0 Å². The van der Waals surface area contributed by atoms with Crippen molar-refractivity contribution in [3.05, 3.63) is 35.9 Å². The van der Waals surface area contributed by atoms with Crippen LogP contribution in [0.15, 0.2) is 30.3 Å². The number of hydrogen-bond donors (Lipinski definition) is 0. The van der Waals surface area contributed by atoms with E-state index in [1.165, 1.54) is 5.56 Å². The third kappa shape index (κ3) is 4.26. The molecule has 0 aliphatic rings. The van der Waals surface area contributed by atoms with E-state index in [0.29, 0.717) is 0 Å². The largest absolute Gasteiger partial charge is 1.00 e. The Morgan fingerprint density at radius 3 is 2.18 bits per heavy atom. The number of benzene rings is 1. The molecule has 1 rings (SSSR count). The second-order valence-electron chi connectivity index (χ2n) is 2.72. The van der Waals surface area contributed by atoms with E-state index in [1.807, 2.05) is 6.07 Å². The zero-order chi connectivity index (χ0) is 7.40. The topological polar surface area (TPSA) is 3.24 Å². The zero-order valence-corrected chi connectivity index (χ0v) is 7.54. The van der Waals surface area contributed by atoms with E-state index in [0.717, 1.165) is 6.54 Å². The van der Waals surface area contributed by atoms with Crippen molar-refractivity contribution in [2.24, 2.45) is 0 Å². The molecule has 0 aromatic heterocycles. The van der Waals surface area contributed by atoms with Gasteiger partial charge < -0.3 is 6.33 Å². The Hall–Kier alpha value is -0.223. The van der Waals surface area contributed by atoms with E-state index in [9.17, 15) is 0 Å². The summed E-state index contributed by atoms with van der Waals surface area (Å²) in [7, 11) is 4.15. The molecule has 1 aromatic rings. The monoisotopic (exact) mass is 143 g/mol. The van der Waals surface area contributed by atoms with Gasteiger partial charge in [-0.15, -0.1) is 0 Å². The Bertz CT molecular complexity index is 189. The van der Waals surface area contributed by atoms with Crippen molar-refractivity contribution in [2.45, 2.75) is 6.54 Å². The molecule has 56 valence electrons. The summed E-state index contributed by atoms with van der Waals surface area (Å²) in [5, 5.41) is 0. The Labute approximate surface area is 82.1 Å².